The van der Waals surface area contributed by atoms with E-state index < -0.39 is 0 Å². The molecule has 0 aliphatic carbocycles. The molecule has 104 valence electrons. The summed E-state index contributed by atoms with van der Waals surface area (Å²) in [5.74, 6) is 1.88. The molecule has 2 heterocycles. The van der Waals surface area contributed by atoms with Gasteiger partial charge in [0.25, 0.3) is 0 Å². The molecule has 20 heavy (non-hydrogen) atoms. The Balaban J connectivity index is 2.09. The normalized spacial score (nSPS) is 14.6. The van der Waals surface area contributed by atoms with Crippen molar-refractivity contribution in [2.75, 3.05) is 23.5 Å². The lowest BCUT2D eigenvalue weighted by molar-refractivity contribution is 0.546. The number of benzene rings is 1. The average molecular weight is 268 g/mol. The highest BCUT2D eigenvalue weighted by Gasteiger charge is 2.29. The third-order valence-corrected chi connectivity index (χ3v) is 3.51. The van der Waals surface area contributed by atoms with Gasteiger partial charge < -0.3 is 9.80 Å². The van der Waals surface area contributed by atoms with Gasteiger partial charge in [-0.25, -0.2) is 9.97 Å². The third kappa shape index (κ3) is 2.11. The first-order valence-electron chi connectivity index (χ1n) is 6.88. The van der Waals surface area contributed by atoms with Crippen LogP contribution in [0.2, 0.25) is 0 Å². The van der Waals surface area contributed by atoms with Gasteiger partial charge in [-0.2, -0.15) is 0 Å². The van der Waals surface area contributed by atoms with E-state index in [0.717, 1.165) is 29.7 Å². The fourth-order valence-corrected chi connectivity index (χ4v) is 2.36. The highest BCUT2D eigenvalue weighted by atomic mass is 15.4. The molecule has 0 spiro atoms. The van der Waals surface area contributed by atoms with Gasteiger partial charge in [-0.05, 0) is 12.1 Å². The number of anilines is 3. The minimum absolute atomic E-state index is 0.0431. The molecule has 0 saturated carbocycles. The minimum Gasteiger partial charge on any atom is -0.352 e. The Morgan fingerprint density at radius 3 is 2.45 bits per heavy atom. The average Bonchev–Trinajstić information content (AvgIpc) is 2.76. The summed E-state index contributed by atoms with van der Waals surface area (Å²) in [6.45, 7) is 7.22. The first kappa shape index (κ1) is 12.9. The van der Waals surface area contributed by atoms with E-state index in [9.17, 15) is 0 Å². The van der Waals surface area contributed by atoms with Crippen LogP contribution in [0.25, 0.3) is 0 Å². The maximum atomic E-state index is 4.81. The van der Waals surface area contributed by atoms with Crippen molar-refractivity contribution in [2.45, 2.75) is 26.2 Å². The zero-order valence-corrected chi connectivity index (χ0v) is 12.5. The molecular formula is C16H20N4. The van der Waals surface area contributed by atoms with Crippen molar-refractivity contribution in [3.63, 3.8) is 0 Å². The lowest BCUT2D eigenvalue weighted by Gasteiger charge is -2.20. The van der Waals surface area contributed by atoms with Crippen molar-refractivity contribution in [1.29, 1.82) is 0 Å². The van der Waals surface area contributed by atoms with E-state index >= 15 is 0 Å². The van der Waals surface area contributed by atoms with E-state index in [1.165, 1.54) is 0 Å². The fourth-order valence-electron chi connectivity index (χ4n) is 2.36. The van der Waals surface area contributed by atoms with Crippen molar-refractivity contribution >= 4 is 17.2 Å². The van der Waals surface area contributed by atoms with Crippen LogP contribution in [0.3, 0.4) is 0 Å². The summed E-state index contributed by atoms with van der Waals surface area (Å²) in [6, 6.07) is 10.4. The van der Waals surface area contributed by atoms with Gasteiger partial charge in [0.15, 0.2) is 5.82 Å². The summed E-state index contributed by atoms with van der Waals surface area (Å²) in [5.41, 5.74) is 2.21. The number of hydrogen-bond acceptors (Lipinski definition) is 4. The number of aromatic nitrogens is 2. The molecular weight excluding hydrogens is 248 g/mol. The van der Waals surface area contributed by atoms with Gasteiger partial charge in [0.2, 0.25) is 0 Å². The van der Waals surface area contributed by atoms with Crippen molar-refractivity contribution in [2.24, 2.45) is 0 Å². The predicted octanol–water partition coefficient (Wildman–Crippen LogP) is 3.32. The SMILES string of the molecule is CN1CN(c2ccccc2)c2nc(C(C)(C)C)ncc21. The number of rotatable bonds is 1. The molecule has 0 N–H and O–H groups in total. The van der Waals surface area contributed by atoms with Crippen LogP contribution in [0.5, 0.6) is 0 Å². The van der Waals surface area contributed by atoms with Gasteiger partial charge in [0, 0.05) is 18.2 Å². The Morgan fingerprint density at radius 1 is 1.10 bits per heavy atom. The Bertz CT molecular complexity index is 616. The molecule has 0 amide bonds. The van der Waals surface area contributed by atoms with Crippen LogP contribution in [0.4, 0.5) is 17.2 Å². The molecule has 4 nitrogen and oxygen atoms in total. The Kier molecular flexibility index (Phi) is 2.89. The molecule has 3 rings (SSSR count). The van der Waals surface area contributed by atoms with Crippen LogP contribution in [0, 0.1) is 0 Å². The molecule has 1 aromatic carbocycles. The molecule has 2 aromatic rings. The second-order valence-electron chi connectivity index (χ2n) is 6.26. The number of hydrogen-bond donors (Lipinski definition) is 0. The largest absolute Gasteiger partial charge is 0.352 e. The maximum Gasteiger partial charge on any atom is 0.161 e. The lowest BCUT2D eigenvalue weighted by Crippen LogP contribution is -2.24. The molecule has 0 radical (unpaired) electrons. The van der Waals surface area contributed by atoms with Crippen LogP contribution in [0.1, 0.15) is 26.6 Å². The van der Waals surface area contributed by atoms with E-state index in [-0.39, 0.29) is 5.41 Å². The van der Waals surface area contributed by atoms with E-state index in [2.05, 4.69) is 66.9 Å². The number of fused-ring (bicyclic) bond motifs is 1. The fraction of sp³-hybridized carbons (Fsp3) is 0.375. The van der Waals surface area contributed by atoms with Gasteiger partial charge >= 0.3 is 0 Å². The molecule has 0 unspecified atom stereocenters. The predicted molar refractivity (Wildman–Crippen MR) is 82.6 cm³/mol. The maximum absolute atomic E-state index is 4.81. The summed E-state index contributed by atoms with van der Waals surface area (Å²) < 4.78 is 0. The van der Waals surface area contributed by atoms with Gasteiger partial charge in [-0.1, -0.05) is 39.0 Å². The molecule has 4 heteroatoms. The van der Waals surface area contributed by atoms with Crippen molar-refractivity contribution in [3.8, 4) is 0 Å². The molecule has 1 aliphatic heterocycles. The van der Waals surface area contributed by atoms with Crippen molar-refractivity contribution in [1.82, 2.24) is 9.97 Å². The quantitative estimate of drug-likeness (QED) is 0.794. The number of nitrogens with zero attached hydrogens (tertiary/aromatic N) is 4. The summed E-state index contributed by atoms with van der Waals surface area (Å²) in [6.07, 6.45) is 1.94. The molecule has 0 fully saturated rings. The Hall–Kier alpha value is -2.10. The Labute approximate surface area is 120 Å². The minimum atomic E-state index is -0.0431. The van der Waals surface area contributed by atoms with E-state index in [1.807, 2.05) is 12.3 Å². The third-order valence-electron chi connectivity index (χ3n) is 3.51. The molecule has 0 saturated heterocycles. The summed E-state index contributed by atoms with van der Waals surface area (Å²) in [4.78, 5) is 13.7. The highest BCUT2D eigenvalue weighted by Crippen LogP contribution is 2.38. The highest BCUT2D eigenvalue weighted by molar-refractivity contribution is 5.78. The summed E-state index contributed by atoms with van der Waals surface area (Å²) >= 11 is 0. The molecule has 1 aliphatic rings. The zero-order valence-electron chi connectivity index (χ0n) is 12.5. The van der Waals surface area contributed by atoms with Crippen molar-refractivity contribution < 1.29 is 0 Å². The second kappa shape index (κ2) is 4.47. The topological polar surface area (TPSA) is 32.3 Å². The van der Waals surface area contributed by atoms with E-state index in [4.69, 9.17) is 4.98 Å². The van der Waals surface area contributed by atoms with E-state index in [0.29, 0.717) is 0 Å². The zero-order chi connectivity index (χ0) is 14.3. The Morgan fingerprint density at radius 2 is 1.80 bits per heavy atom. The smallest absolute Gasteiger partial charge is 0.161 e. The molecule has 1 aromatic heterocycles. The van der Waals surface area contributed by atoms with E-state index in [1.54, 1.807) is 0 Å². The molecule has 0 atom stereocenters. The number of para-hydroxylation sites is 1. The van der Waals surface area contributed by atoms with Gasteiger partial charge in [0.1, 0.15) is 11.5 Å². The van der Waals surface area contributed by atoms with Crippen LogP contribution < -0.4 is 9.80 Å². The van der Waals surface area contributed by atoms with Crippen LogP contribution in [-0.2, 0) is 5.41 Å². The monoisotopic (exact) mass is 268 g/mol. The first-order chi connectivity index (χ1) is 9.47. The van der Waals surface area contributed by atoms with Crippen molar-refractivity contribution in [3.05, 3.63) is 42.4 Å². The lowest BCUT2D eigenvalue weighted by atomic mass is 9.96. The standard InChI is InChI=1S/C16H20N4/c1-16(2,3)15-17-10-13-14(18-15)20(11-19(13)4)12-8-6-5-7-9-12/h5-10H,11H2,1-4H3. The summed E-state index contributed by atoms with van der Waals surface area (Å²) in [7, 11) is 2.07. The second-order valence-corrected chi connectivity index (χ2v) is 6.26. The van der Waals surface area contributed by atoms with Gasteiger partial charge in [-0.15, -0.1) is 0 Å². The van der Waals surface area contributed by atoms with Gasteiger partial charge in [0.05, 0.1) is 12.9 Å². The van der Waals surface area contributed by atoms with Crippen LogP contribution >= 0.6 is 0 Å². The van der Waals surface area contributed by atoms with Crippen LogP contribution in [-0.4, -0.2) is 23.7 Å². The van der Waals surface area contributed by atoms with Crippen LogP contribution in [0.15, 0.2) is 36.5 Å². The van der Waals surface area contributed by atoms with Gasteiger partial charge in [-0.3, -0.25) is 0 Å². The molecule has 0 bridgehead atoms. The first-order valence-corrected chi connectivity index (χ1v) is 6.88. The summed E-state index contributed by atoms with van der Waals surface area (Å²) in [5, 5.41) is 0.